The van der Waals surface area contributed by atoms with Crippen LogP contribution in [0.2, 0.25) is 0 Å². The zero-order valence-corrected chi connectivity index (χ0v) is 15.9. The van der Waals surface area contributed by atoms with Crippen molar-refractivity contribution in [3.05, 3.63) is 48.2 Å². The van der Waals surface area contributed by atoms with Gasteiger partial charge in [-0.2, -0.15) is 0 Å². The molecular weight excluding hydrogens is 338 g/mol. The van der Waals surface area contributed by atoms with E-state index in [-0.39, 0.29) is 6.61 Å². The van der Waals surface area contributed by atoms with Crippen molar-refractivity contribution in [1.29, 1.82) is 0 Å². The Morgan fingerprint density at radius 1 is 1.07 bits per heavy atom. The van der Waals surface area contributed by atoms with Gasteiger partial charge in [0, 0.05) is 43.7 Å². The van der Waals surface area contributed by atoms with Gasteiger partial charge in [0.1, 0.15) is 0 Å². The summed E-state index contributed by atoms with van der Waals surface area (Å²) < 4.78 is 5.77. The van der Waals surface area contributed by atoms with Crippen LogP contribution in [0.15, 0.2) is 47.1 Å². The molecule has 0 bridgehead atoms. The van der Waals surface area contributed by atoms with Crippen molar-refractivity contribution in [2.45, 2.75) is 19.8 Å². The summed E-state index contributed by atoms with van der Waals surface area (Å²) >= 11 is 0. The highest BCUT2D eigenvalue weighted by atomic mass is 16.3. The second-order valence-electron chi connectivity index (χ2n) is 7.12. The topological polar surface area (TPSA) is 52.7 Å². The molecule has 0 radical (unpaired) electrons. The highest BCUT2D eigenvalue weighted by molar-refractivity contribution is 5.90. The molecule has 0 aliphatic carbocycles. The van der Waals surface area contributed by atoms with Gasteiger partial charge in [-0.15, -0.1) is 0 Å². The fourth-order valence-electron chi connectivity index (χ4n) is 3.72. The molecule has 4 rings (SSSR count). The maximum atomic E-state index is 9.00. The molecule has 1 N–H and O–H groups in total. The Morgan fingerprint density at radius 3 is 2.56 bits per heavy atom. The number of aliphatic hydroxyl groups is 1. The van der Waals surface area contributed by atoms with Gasteiger partial charge in [-0.05, 0) is 37.1 Å². The summed E-state index contributed by atoms with van der Waals surface area (Å²) in [6.07, 6.45) is 3.45. The molecule has 0 amide bonds. The van der Waals surface area contributed by atoms with Crippen molar-refractivity contribution in [3.63, 3.8) is 0 Å². The molecule has 27 heavy (non-hydrogen) atoms. The van der Waals surface area contributed by atoms with Crippen molar-refractivity contribution >= 4 is 16.8 Å². The number of aromatic nitrogens is 1. The number of aliphatic hydroxyl groups excluding tert-OH is 1. The standard InChI is InChI=1S/C22H27N3O2/c1-2-24-10-12-25(13-11-24)22-21-19(9-15-27-21)16-20(23-22)18-7-5-17(6-8-18)4-3-14-26/h5-9,15-16,26H,2-4,10-14H2,1H3. The first kappa shape index (κ1) is 18.0. The Kier molecular flexibility index (Phi) is 5.41. The molecule has 0 spiro atoms. The zero-order chi connectivity index (χ0) is 18.6. The third-order valence-electron chi connectivity index (χ3n) is 5.41. The molecule has 1 aromatic carbocycles. The van der Waals surface area contributed by atoms with Gasteiger partial charge in [-0.1, -0.05) is 31.2 Å². The van der Waals surface area contributed by atoms with Gasteiger partial charge < -0.3 is 19.3 Å². The first-order valence-corrected chi connectivity index (χ1v) is 9.84. The lowest BCUT2D eigenvalue weighted by molar-refractivity contribution is 0.270. The maximum absolute atomic E-state index is 9.00. The van der Waals surface area contributed by atoms with E-state index in [4.69, 9.17) is 14.5 Å². The Hall–Kier alpha value is -2.37. The number of anilines is 1. The molecule has 3 heterocycles. The molecule has 3 aromatic rings. The monoisotopic (exact) mass is 365 g/mol. The number of furan rings is 1. The Bertz CT molecular complexity index is 880. The number of pyridine rings is 1. The number of fused-ring (bicyclic) bond motifs is 1. The number of piperazine rings is 1. The van der Waals surface area contributed by atoms with E-state index in [0.29, 0.717) is 0 Å². The molecule has 5 heteroatoms. The van der Waals surface area contributed by atoms with Gasteiger partial charge >= 0.3 is 0 Å². The van der Waals surface area contributed by atoms with E-state index in [9.17, 15) is 0 Å². The minimum Gasteiger partial charge on any atom is -0.460 e. The van der Waals surface area contributed by atoms with Crippen LogP contribution in [-0.4, -0.2) is 54.3 Å². The van der Waals surface area contributed by atoms with Crippen LogP contribution in [0.5, 0.6) is 0 Å². The van der Waals surface area contributed by atoms with Crippen molar-refractivity contribution in [2.75, 3.05) is 44.2 Å². The molecule has 1 aliphatic rings. The summed E-state index contributed by atoms with van der Waals surface area (Å²) in [7, 11) is 0. The first-order valence-electron chi connectivity index (χ1n) is 9.84. The number of hydrogen-bond acceptors (Lipinski definition) is 5. The Morgan fingerprint density at radius 2 is 1.85 bits per heavy atom. The van der Waals surface area contributed by atoms with Crippen LogP contribution in [0.4, 0.5) is 5.82 Å². The third kappa shape index (κ3) is 3.84. The predicted molar refractivity (Wildman–Crippen MR) is 109 cm³/mol. The molecule has 0 atom stereocenters. The molecule has 0 saturated carbocycles. The Balaban J connectivity index is 1.64. The fraction of sp³-hybridized carbons (Fsp3) is 0.409. The van der Waals surface area contributed by atoms with Crippen LogP contribution >= 0.6 is 0 Å². The Labute approximate surface area is 160 Å². The highest BCUT2D eigenvalue weighted by Crippen LogP contribution is 2.31. The molecule has 5 nitrogen and oxygen atoms in total. The van der Waals surface area contributed by atoms with Crippen LogP contribution in [0.25, 0.3) is 22.2 Å². The SMILES string of the molecule is CCN1CCN(c2nc(-c3ccc(CCCO)cc3)cc3ccoc23)CC1. The van der Waals surface area contributed by atoms with E-state index in [0.717, 1.165) is 73.6 Å². The van der Waals surface area contributed by atoms with Crippen LogP contribution < -0.4 is 4.90 Å². The van der Waals surface area contributed by atoms with Crippen LogP contribution in [0, 0.1) is 0 Å². The summed E-state index contributed by atoms with van der Waals surface area (Å²) in [5.74, 6) is 0.951. The van der Waals surface area contributed by atoms with Gasteiger partial charge in [0.2, 0.25) is 0 Å². The third-order valence-corrected chi connectivity index (χ3v) is 5.41. The number of benzene rings is 1. The van der Waals surface area contributed by atoms with Crippen molar-refractivity contribution in [3.8, 4) is 11.3 Å². The molecule has 1 saturated heterocycles. The van der Waals surface area contributed by atoms with Crippen molar-refractivity contribution in [2.24, 2.45) is 0 Å². The smallest absolute Gasteiger partial charge is 0.176 e. The van der Waals surface area contributed by atoms with E-state index < -0.39 is 0 Å². The van der Waals surface area contributed by atoms with Crippen molar-refractivity contribution < 1.29 is 9.52 Å². The summed E-state index contributed by atoms with van der Waals surface area (Å²) in [5.41, 5.74) is 4.21. The van der Waals surface area contributed by atoms with Gasteiger partial charge in [0.25, 0.3) is 0 Å². The molecular formula is C22H27N3O2. The normalized spacial score (nSPS) is 15.6. The van der Waals surface area contributed by atoms with Crippen LogP contribution in [0.1, 0.15) is 18.9 Å². The minimum absolute atomic E-state index is 0.231. The van der Waals surface area contributed by atoms with Gasteiger partial charge in [-0.25, -0.2) is 4.98 Å². The summed E-state index contributed by atoms with van der Waals surface area (Å²) in [6.45, 7) is 7.60. The summed E-state index contributed by atoms with van der Waals surface area (Å²) in [4.78, 5) is 9.79. The van der Waals surface area contributed by atoms with E-state index in [1.807, 2.05) is 6.07 Å². The highest BCUT2D eigenvalue weighted by Gasteiger charge is 2.21. The lowest BCUT2D eigenvalue weighted by atomic mass is 10.0. The second kappa shape index (κ2) is 8.11. The molecule has 1 fully saturated rings. The lowest BCUT2D eigenvalue weighted by Gasteiger charge is -2.34. The zero-order valence-electron chi connectivity index (χ0n) is 15.9. The number of rotatable bonds is 6. The minimum atomic E-state index is 0.231. The average Bonchev–Trinajstić information content (AvgIpc) is 3.21. The van der Waals surface area contributed by atoms with E-state index in [1.54, 1.807) is 6.26 Å². The average molecular weight is 365 g/mol. The predicted octanol–water partition coefficient (Wildman–Crippen LogP) is 3.56. The molecule has 2 aromatic heterocycles. The van der Waals surface area contributed by atoms with Crippen LogP contribution in [0.3, 0.4) is 0 Å². The van der Waals surface area contributed by atoms with Crippen molar-refractivity contribution in [1.82, 2.24) is 9.88 Å². The lowest BCUT2D eigenvalue weighted by Crippen LogP contribution is -2.46. The largest absolute Gasteiger partial charge is 0.460 e. The number of hydrogen-bond donors (Lipinski definition) is 1. The van der Waals surface area contributed by atoms with E-state index in [1.165, 1.54) is 5.56 Å². The summed E-state index contributed by atoms with van der Waals surface area (Å²) in [5, 5.41) is 10.1. The van der Waals surface area contributed by atoms with E-state index in [2.05, 4.69) is 47.1 Å². The number of aryl methyl sites for hydroxylation is 1. The van der Waals surface area contributed by atoms with E-state index >= 15 is 0 Å². The first-order chi connectivity index (χ1) is 13.3. The number of likely N-dealkylation sites (N-methyl/N-ethyl adjacent to an activating group) is 1. The fourth-order valence-corrected chi connectivity index (χ4v) is 3.72. The molecule has 142 valence electrons. The second-order valence-corrected chi connectivity index (χ2v) is 7.12. The quantitative estimate of drug-likeness (QED) is 0.724. The molecule has 0 unspecified atom stereocenters. The number of nitrogens with zero attached hydrogens (tertiary/aromatic N) is 3. The van der Waals surface area contributed by atoms with Gasteiger partial charge in [0.15, 0.2) is 11.4 Å². The van der Waals surface area contributed by atoms with Gasteiger partial charge in [0.05, 0.1) is 12.0 Å². The summed E-state index contributed by atoms with van der Waals surface area (Å²) in [6, 6.07) is 12.6. The molecule has 1 aliphatic heterocycles. The van der Waals surface area contributed by atoms with Gasteiger partial charge in [-0.3, -0.25) is 0 Å². The van der Waals surface area contributed by atoms with Crippen LogP contribution in [-0.2, 0) is 6.42 Å². The maximum Gasteiger partial charge on any atom is 0.176 e.